The predicted molar refractivity (Wildman–Crippen MR) is 76.8 cm³/mol. The molecule has 0 saturated carbocycles. The minimum absolute atomic E-state index is 0.322. The number of rotatable bonds is 5. The number of thioether (sulfide) groups is 1. The van der Waals surface area contributed by atoms with E-state index in [4.69, 9.17) is 9.47 Å². The molecule has 3 nitrogen and oxygen atoms in total. The van der Waals surface area contributed by atoms with Gasteiger partial charge < -0.3 is 14.8 Å². The summed E-state index contributed by atoms with van der Waals surface area (Å²) in [6.07, 6.45) is 2.57. The Morgan fingerprint density at radius 3 is 2.72 bits per heavy atom. The second-order valence-electron chi connectivity index (χ2n) is 4.43. The SMILES string of the molecule is CNC(c1cc(OC)ccc1OC)C1CCCS1. The van der Waals surface area contributed by atoms with Crippen LogP contribution in [0.15, 0.2) is 18.2 Å². The Hall–Kier alpha value is -0.870. The zero-order valence-electron chi connectivity index (χ0n) is 11.2. The molecule has 0 amide bonds. The van der Waals surface area contributed by atoms with Crippen LogP contribution < -0.4 is 14.8 Å². The maximum Gasteiger partial charge on any atom is 0.123 e. The van der Waals surface area contributed by atoms with E-state index >= 15 is 0 Å². The number of ether oxygens (including phenoxy) is 2. The van der Waals surface area contributed by atoms with Gasteiger partial charge in [-0.05, 0) is 43.8 Å². The van der Waals surface area contributed by atoms with Crippen LogP contribution >= 0.6 is 11.8 Å². The highest BCUT2D eigenvalue weighted by Gasteiger charge is 2.28. The predicted octanol–water partition coefficient (Wildman–Crippen LogP) is 2.86. The summed E-state index contributed by atoms with van der Waals surface area (Å²) in [7, 11) is 5.44. The van der Waals surface area contributed by atoms with Crippen molar-refractivity contribution in [3.63, 3.8) is 0 Å². The van der Waals surface area contributed by atoms with Crippen LogP contribution in [0.1, 0.15) is 24.4 Å². The van der Waals surface area contributed by atoms with Crippen molar-refractivity contribution < 1.29 is 9.47 Å². The van der Waals surface area contributed by atoms with Crippen LogP contribution in [-0.4, -0.2) is 32.3 Å². The molecule has 100 valence electrons. The van der Waals surface area contributed by atoms with Gasteiger partial charge in [0, 0.05) is 16.9 Å². The molecule has 1 aromatic carbocycles. The van der Waals surface area contributed by atoms with E-state index in [0.29, 0.717) is 11.3 Å². The van der Waals surface area contributed by atoms with Crippen LogP contribution in [0.5, 0.6) is 11.5 Å². The molecule has 1 fully saturated rings. The molecule has 1 saturated heterocycles. The Labute approximate surface area is 113 Å². The van der Waals surface area contributed by atoms with Gasteiger partial charge in [0.25, 0.3) is 0 Å². The highest BCUT2D eigenvalue weighted by Crippen LogP contribution is 2.39. The number of hydrogen-bond donors (Lipinski definition) is 1. The smallest absolute Gasteiger partial charge is 0.123 e. The summed E-state index contributed by atoms with van der Waals surface area (Å²) >= 11 is 2.04. The molecule has 1 aromatic rings. The summed E-state index contributed by atoms with van der Waals surface area (Å²) in [5.41, 5.74) is 1.19. The number of hydrogen-bond acceptors (Lipinski definition) is 4. The van der Waals surface area contributed by atoms with Gasteiger partial charge in [-0.3, -0.25) is 0 Å². The number of methoxy groups -OCH3 is 2. The Morgan fingerprint density at radius 1 is 1.33 bits per heavy atom. The molecule has 2 rings (SSSR count). The van der Waals surface area contributed by atoms with Crippen molar-refractivity contribution in [3.8, 4) is 11.5 Å². The van der Waals surface area contributed by atoms with Crippen LogP contribution in [-0.2, 0) is 0 Å². The van der Waals surface area contributed by atoms with Crippen LogP contribution in [0.2, 0.25) is 0 Å². The molecule has 1 N–H and O–H groups in total. The fourth-order valence-electron chi connectivity index (χ4n) is 2.49. The maximum atomic E-state index is 5.48. The second kappa shape index (κ2) is 6.34. The normalized spacial score (nSPS) is 20.7. The van der Waals surface area contributed by atoms with E-state index in [-0.39, 0.29) is 0 Å². The molecule has 1 aliphatic heterocycles. The number of nitrogens with one attached hydrogen (secondary N) is 1. The Bertz CT molecular complexity index is 391. The van der Waals surface area contributed by atoms with Gasteiger partial charge in [0.15, 0.2) is 0 Å². The Morgan fingerprint density at radius 2 is 2.17 bits per heavy atom. The first-order chi connectivity index (χ1) is 8.80. The lowest BCUT2D eigenvalue weighted by Crippen LogP contribution is -2.26. The quantitative estimate of drug-likeness (QED) is 0.888. The lowest BCUT2D eigenvalue weighted by Gasteiger charge is -2.25. The van der Waals surface area contributed by atoms with Gasteiger partial charge >= 0.3 is 0 Å². The Kier molecular flexibility index (Phi) is 4.78. The first-order valence-corrected chi connectivity index (χ1v) is 7.35. The van der Waals surface area contributed by atoms with Crippen molar-refractivity contribution in [1.29, 1.82) is 0 Å². The minimum Gasteiger partial charge on any atom is -0.497 e. The molecular formula is C14H21NO2S. The zero-order chi connectivity index (χ0) is 13.0. The second-order valence-corrected chi connectivity index (χ2v) is 5.77. The van der Waals surface area contributed by atoms with Crippen LogP contribution in [0.4, 0.5) is 0 Å². The molecule has 18 heavy (non-hydrogen) atoms. The zero-order valence-corrected chi connectivity index (χ0v) is 12.0. The Balaban J connectivity index is 2.32. The highest BCUT2D eigenvalue weighted by molar-refractivity contribution is 8.00. The summed E-state index contributed by atoms with van der Waals surface area (Å²) in [6, 6.07) is 6.33. The van der Waals surface area contributed by atoms with E-state index in [1.807, 2.05) is 30.9 Å². The summed E-state index contributed by atoms with van der Waals surface area (Å²) in [5.74, 6) is 3.08. The fraction of sp³-hybridized carbons (Fsp3) is 0.571. The lowest BCUT2D eigenvalue weighted by molar-refractivity contribution is 0.390. The molecular weight excluding hydrogens is 246 g/mol. The van der Waals surface area contributed by atoms with Crippen molar-refractivity contribution in [1.82, 2.24) is 5.32 Å². The first kappa shape index (κ1) is 13.6. The topological polar surface area (TPSA) is 30.5 Å². The molecule has 0 aromatic heterocycles. The molecule has 2 atom stereocenters. The fourth-order valence-corrected chi connectivity index (χ4v) is 3.93. The summed E-state index contributed by atoms with van der Waals surface area (Å²) < 4.78 is 10.8. The van der Waals surface area contributed by atoms with E-state index in [0.717, 1.165) is 11.5 Å². The first-order valence-electron chi connectivity index (χ1n) is 6.31. The molecule has 0 bridgehead atoms. The third kappa shape index (κ3) is 2.75. The van der Waals surface area contributed by atoms with Gasteiger partial charge in [-0.1, -0.05) is 0 Å². The van der Waals surface area contributed by atoms with Crippen LogP contribution in [0.3, 0.4) is 0 Å². The molecule has 2 unspecified atom stereocenters. The molecule has 4 heteroatoms. The molecule has 0 radical (unpaired) electrons. The number of benzene rings is 1. The highest BCUT2D eigenvalue weighted by atomic mass is 32.2. The molecule has 0 aliphatic carbocycles. The van der Waals surface area contributed by atoms with Gasteiger partial charge in [0.05, 0.1) is 14.2 Å². The van der Waals surface area contributed by atoms with Crippen molar-refractivity contribution in [2.45, 2.75) is 24.1 Å². The van der Waals surface area contributed by atoms with Crippen molar-refractivity contribution in [2.24, 2.45) is 0 Å². The molecule has 0 spiro atoms. The summed E-state index contributed by atoms with van der Waals surface area (Å²) in [4.78, 5) is 0. The van der Waals surface area contributed by atoms with E-state index in [1.165, 1.54) is 24.2 Å². The standard InChI is InChI=1S/C14H21NO2S/c1-15-14(13-5-4-8-18-13)11-9-10(16-2)6-7-12(11)17-3/h6-7,9,13-15H,4-5,8H2,1-3H3. The van der Waals surface area contributed by atoms with Gasteiger partial charge in [0.1, 0.15) is 11.5 Å². The van der Waals surface area contributed by atoms with Gasteiger partial charge in [-0.15, -0.1) is 0 Å². The summed E-state index contributed by atoms with van der Waals surface area (Å²) in [5, 5.41) is 4.05. The maximum absolute atomic E-state index is 5.48. The monoisotopic (exact) mass is 267 g/mol. The average molecular weight is 267 g/mol. The van der Waals surface area contributed by atoms with Crippen molar-refractivity contribution in [2.75, 3.05) is 27.0 Å². The van der Waals surface area contributed by atoms with Gasteiger partial charge in [0.2, 0.25) is 0 Å². The van der Waals surface area contributed by atoms with Gasteiger partial charge in [-0.25, -0.2) is 0 Å². The van der Waals surface area contributed by atoms with Crippen molar-refractivity contribution in [3.05, 3.63) is 23.8 Å². The van der Waals surface area contributed by atoms with Gasteiger partial charge in [-0.2, -0.15) is 11.8 Å². The molecule has 1 heterocycles. The van der Waals surface area contributed by atoms with Crippen LogP contribution in [0.25, 0.3) is 0 Å². The average Bonchev–Trinajstić information content (AvgIpc) is 2.93. The van der Waals surface area contributed by atoms with E-state index in [1.54, 1.807) is 14.2 Å². The van der Waals surface area contributed by atoms with Crippen molar-refractivity contribution >= 4 is 11.8 Å². The third-order valence-electron chi connectivity index (χ3n) is 3.42. The summed E-state index contributed by atoms with van der Waals surface area (Å²) in [6.45, 7) is 0. The van der Waals surface area contributed by atoms with E-state index in [9.17, 15) is 0 Å². The van der Waals surface area contributed by atoms with E-state index < -0.39 is 0 Å². The third-order valence-corrected chi connectivity index (χ3v) is 4.88. The lowest BCUT2D eigenvalue weighted by atomic mass is 9.99. The minimum atomic E-state index is 0.322. The molecule has 1 aliphatic rings. The van der Waals surface area contributed by atoms with E-state index in [2.05, 4.69) is 11.4 Å². The van der Waals surface area contributed by atoms with Crippen LogP contribution in [0, 0.1) is 0 Å². The largest absolute Gasteiger partial charge is 0.497 e.